The van der Waals surface area contributed by atoms with Gasteiger partial charge in [-0.3, -0.25) is 9.59 Å². The molecule has 0 aliphatic carbocycles. The van der Waals surface area contributed by atoms with E-state index in [1.807, 2.05) is 29.2 Å². The second-order valence-electron chi connectivity index (χ2n) is 8.31. The number of fused-ring (bicyclic) bond motifs is 1. The van der Waals surface area contributed by atoms with Gasteiger partial charge >= 0.3 is 0 Å². The van der Waals surface area contributed by atoms with E-state index < -0.39 is 0 Å². The Balaban J connectivity index is 1.33. The molecular weight excluding hydrogens is 406 g/mol. The van der Waals surface area contributed by atoms with Crippen molar-refractivity contribution in [1.82, 2.24) is 14.8 Å². The van der Waals surface area contributed by atoms with E-state index >= 15 is 0 Å². The molecule has 4 rings (SSSR count). The molecule has 31 heavy (non-hydrogen) atoms. The molecular formula is C25H31N3O2S. The largest absolute Gasteiger partial charge is 0.353 e. The summed E-state index contributed by atoms with van der Waals surface area (Å²) in [6, 6.07) is 14.5. The minimum atomic E-state index is -0.0182. The molecule has 164 valence electrons. The van der Waals surface area contributed by atoms with Crippen molar-refractivity contribution in [3.05, 3.63) is 59.1 Å². The van der Waals surface area contributed by atoms with Crippen LogP contribution in [0.2, 0.25) is 0 Å². The first kappa shape index (κ1) is 21.6. The van der Waals surface area contributed by atoms with Gasteiger partial charge in [0, 0.05) is 31.6 Å². The van der Waals surface area contributed by atoms with Crippen LogP contribution in [0.3, 0.4) is 0 Å². The molecule has 0 radical (unpaired) electrons. The number of hydrogen-bond acceptors (Lipinski definition) is 3. The number of aryl methyl sites for hydroxylation is 1. The summed E-state index contributed by atoms with van der Waals surface area (Å²) in [5, 5.41) is 5.31. The van der Waals surface area contributed by atoms with Crippen LogP contribution in [-0.4, -0.2) is 40.4 Å². The van der Waals surface area contributed by atoms with E-state index in [9.17, 15) is 9.59 Å². The number of benzene rings is 1. The summed E-state index contributed by atoms with van der Waals surface area (Å²) in [7, 11) is 0. The highest BCUT2D eigenvalue weighted by molar-refractivity contribution is 7.17. The maximum absolute atomic E-state index is 13.2. The fourth-order valence-electron chi connectivity index (χ4n) is 4.52. The van der Waals surface area contributed by atoms with Gasteiger partial charge in [0.15, 0.2) is 0 Å². The van der Waals surface area contributed by atoms with E-state index in [1.54, 1.807) is 11.3 Å². The Kier molecular flexibility index (Phi) is 6.76. The summed E-state index contributed by atoms with van der Waals surface area (Å²) in [6.45, 7) is 6.23. The Bertz CT molecular complexity index is 1030. The van der Waals surface area contributed by atoms with Crippen LogP contribution in [0.1, 0.15) is 49.2 Å². The molecule has 1 saturated heterocycles. The van der Waals surface area contributed by atoms with Crippen LogP contribution in [-0.2, 0) is 17.8 Å². The number of thiophene rings is 1. The first-order valence-electron chi connectivity index (χ1n) is 11.3. The van der Waals surface area contributed by atoms with Crippen LogP contribution < -0.4 is 5.32 Å². The van der Waals surface area contributed by atoms with Crippen LogP contribution >= 0.6 is 11.3 Å². The maximum atomic E-state index is 13.2. The minimum absolute atomic E-state index is 0.0182. The average Bonchev–Trinajstić information content (AvgIpc) is 3.40. The van der Waals surface area contributed by atoms with Crippen LogP contribution in [0.5, 0.6) is 0 Å². The first-order valence-corrected chi connectivity index (χ1v) is 12.2. The fraction of sp³-hybridized carbons (Fsp3) is 0.440. The number of piperidine rings is 1. The number of likely N-dealkylation sites (tertiary alicyclic amines) is 1. The number of amides is 2. The summed E-state index contributed by atoms with van der Waals surface area (Å²) >= 11 is 1.67. The molecule has 1 atom stereocenters. The number of carbonyl (C=O) groups is 2. The lowest BCUT2D eigenvalue weighted by Gasteiger charge is -2.32. The monoisotopic (exact) mass is 437 g/mol. The number of rotatable bonds is 7. The minimum Gasteiger partial charge on any atom is -0.353 e. The number of nitrogens with zero attached hydrogens (tertiary/aromatic N) is 2. The van der Waals surface area contributed by atoms with Crippen molar-refractivity contribution in [2.24, 2.45) is 5.92 Å². The van der Waals surface area contributed by atoms with Gasteiger partial charge < -0.3 is 14.8 Å². The highest BCUT2D eigenvalue weighted by atomic mass is 32.1. The Hall–Kier alpha value is -2.60. The van der Waals surface area contributed by atoms with E-state index in [1.165, 1.54) is 5.56 Å². The summed E-state index contributed by atoms with van der Waals surface area (Å²) in [5.74, 6) is 0.197. The lowest BCUT2D eigenvalue weighted by atomic mass is 9.94. The predicted molar refractivity (Wildman–Crippen MR) is 126 cm³/mol. The van der Waals surface area contributed by atoms with E-state index in [0.717, 1.165) is 48.1 Å². The molecule has 5 nitrogen and oxygen atoms in total. The molecule has 6 heteroatoms. The fourth-order valence-corrected chi connectivity index (χ4v) is 5.34. The van der Waals surface area contributed by atoms with E-state index in [0.29, 0.717) is 13.1 Å². The zero-order chi connectivity index (χ0) is 21.8. The molecule has 3 aromatic rings. The van der Waals surface area contributed by atoms with Gasteiger partial charge in [-0.25, -0.2) is 0 Å². The van der Waals surface area contributed by atoms with E-state index in [4.69, 9.17) is 0 Å². The quantitative estimate of drug-likeness (QED) is 0.582. The van der Waals surface area contributed by atoms with Crippen molar-refractivity contribution < 1.29 is 9.59 Å². The smallest absolute Gasteiger partial charge is 0.270 e. The molecule has 1 aromatic carbocycles. The van der Waals surface area contributed by atoms with E-state index in [-0.39, 0.29) is 23.8 Å². The molecule has 2 amide bonds. The van der Waals surface area contributed by atoms with Gasteiger partial charge in [-0.2, -0.15) is 0 Å². The topological polar surface area (TPSA) is 54.3 Å². The summed E-state index contributed by atoms with van der Waals surface area (Å²) in [4.78, 5) is 27.9. The van der Waals surface area contributed by atoms with Crippen LogP contribution in [0.4, 0.5) is 0 Å². The van der Waals surface area contributed by atoms with Gasteiger partial charge in [0.05, 0.1) is 10.2 Å². The van der Waals surface area contributed by atoms with Crippen LogP contribution in [0, 0.1) is 5.92 Å². The lowest BCUT2D eigenvalue weighted by molar-refractivity contribution is -0.127. The van der Waals surface area contributed by atoms with Crippen LogP contribution in [0.25, 0.3) is 10.2 Å². The third kappa shape index (κ3) is 4.69. The molecule has 1 fully saturated rings. The molecule has 1 aliphatic heterocycles. The predicted octanol–water partition coefficient (Wildman–Crippen LogP) is 4.71. The molecule has 1 N–H and O–H groups in total. The van der Waals surface area contributed by atoms with Crippen LogP contribution in [0.15, 0.2) is 47.8 Å². The van der Waals surface area contributed by atoms with Crippen molar-refractivity contribution in [3.8, 4) is 0 Å². The molecule has 2 aromatic heterocycles. The Morgan fingerprint density at radius 1 is 1.13 bits per heavy atom. The number of carbonyl (C=O) groups excluding carboxylic acids is 2. The molecule has 0 unspecified atom stereocenters. The third-order valence-electron chi connectivity index (χ3n) is 6.38. The number of nitrogens with one attached hydrogen (secondary N) is 1. The second kappa shape index (κ2) is 9.69. The van der Waals surface area contributed by atoms with Gasteiger partial charge in [0.25, 0.3) is 5.91 Å². The molecule has 1 aliphatic rings. The van der Waals surface area contributed by atoms with Gasteiger partial charge in [0.2, 0.25) is 5.91 Å². The maximum Gasteiger partial charge on any atom is 0.270 e. The van der Waals surface area contributed by atoms with Crippen molar-refractivity contribution in [3.63, 3.8) is 0 Å². The third-order valence-corrected chi connectivity index (χ3v) is 7.23. The van der Waals surface area contributed by atoms with Gasteiger partial charge in [-0.1, -0.05) is 37.3 Å². The summed E-state index contributed by atoms with van der Waals surface area (Å²) < 4.78 is 3.26. The van der Waals surface area contributed by atoms with Crippen molar-refractivity contribution in [2.75, 3.05) is 13.1 Å². The zero-order valence-corrected chi connectivity index (χ0v) is 19.2. The highest BCUT2D eigenvalue weighted by Gasteiger charge is 2.30. The van der Waals surface area contributed by atoms with E-state index in [2.05, 4.69) is 47.3 Å². The SMILES string of the molecule is CC[C@@H](Cc1ccccc1)NC(=O)C1CCN(C(=O)c2cc3sccc3n2CC)CC1. The lowest BCUT2D eigenvalue weighted by Crippen LogP contribution is -2.46. The molecule has 0 bridgehead atoms. The number of hydrogen-bond donors (Lipinski definition) is 1. The first-order chi connectivity index (χ1) is 15.1. The van der Waals surface area contributed by atoms with Crippen molar-refractivity contribution in [1.29, 1.82) is 0 Å². The Morgan fingerprint density at radius 2 is 1.87 bits per heavy atom. The van der Waals surface area contributed by atoms with Gasteiger partial charge in [0.1, 0.15) is 5.69 Å². The summed E-state index contributed by atoms with van der Waals surface area (Å²) in [6.07, 6.45) is 3.20. The Morgan fingerprint density at radius 3 is 2.55 bits per heavy atom. The van der Waals surface area contributed by atoms with Gasteiger partial charge in [-0.15, -0.1) is 11.3 Å². The standard InChI is InChI=1S/C25H31N3O2S/c1-3-20(16-18-8-6-5-7-9-18)26-24(29)19-10-13-27(14-11-19)25(30)22-17-23-21(12-15-31-23)28(22)4-2/h5-9,12,15,17,19-20H,3-4,10-11,13-14,16H2,1-2H3,(H,26,29)/t20-/m0/s1. The van der Waals surface area contributed by atoms with Crippen molar-refractivity contribution >= 4 is 33.4 Å². The Labute approximate surface area is 188 Å². The van der Waals surface area contributed by atoms with Crippen molar-refractivity contribution in [2.45, 2.75) is 52.1 Å². The zero-order valence-electron chi connectivity index (χ0n) is 18.3. The second-order valence-corrected chi connectivity index (χ2v) is 9.26. The molecule has 0 saturated carbocycles. The highest BCUT2D eigenvalue weighted by Crippen LogP contribution is 2.27. The summed E-state index contributed by atoms with van der Waals surface area (Å²) in [5.41, 5.74) is 3.14. The average molecular weight is 438 g/mol. The molecule has 3 heterocycles. The van der Waals surface area contributed by atoms with Gasteiger partial charge in [-0.05, 0) is 55.7 Å². The molecule has 0 spiro atoms. The number of aromatic nitrogens is 1. The normalized spacial score (nSPS) is 15.9.